The molecular formula is C48H34N2O. The Morgan fingerprint density at radius 2 is 1.20 bits per heavy atom. The van der Waals surface area contributed by atoms with Crippen LogP contribution >= 0.6 is 0 Å². The van der Waals surface area contributed by atoms with E-state index in [4.69, 9.17) is 9.40 Å². The van der Waals surface area contributed by atoms with Crippen LogP contribution in [0, 0.1) is 0 Å². The Labute approximate surface area is 297 Å². The van der Waals surface area contributed by atoms with Crippen molar-refractivity contribution >= 4 is 49.7 Å². The van der Waals surface area contributed by atoms with Gasteiger partial charge in [-0.1, -0.05) is 129 Å². The number of oxazole rings is 1. The molecule has 0 saturated heterocycles. The highest BCUT2D eigenvalue weighted by atomic mass is 16.3. The first-order chi connectivity index (χ1) is 25.0. The summed E-state index contributed by atoms with van der Waals surface area (Å²) in [5.74, 6) is 0.642. The second kappa shape index (κ2) is 11.3. The molecule has 3 nitrogen and oxygen atoms in total. The first kappa shape index (κ1) is 29.5. The fourth-order valence-corrected chi connectivity index (χ4v) is 8.25. The molecule has 0 aliphatic heterocycles. The maximum Gasteiger partial charge on any atom is 0.227 e. The molecule has 1 aliphatic rings. The summed E-state index contributed by atoms with van der Waals surface area (Å²) in [4.78, 5) is 7.28. The lowest BCUT2D eigenvalue weighted by Gasteiger charge is -2.32. The summed E-state index contributed by atoms with van der Waals surface area (Å²) >= 11 is 0. The van der Waals surface area contributed by atoms with E-state index in [1.54, 1.807) is 0 Å². The highest BCUT2D eigenvalue weighted by molar-refractivity contribution is 6.18. The quantitative estimate of drug-likeness (QED) is 0.173. The average molecular weight is 655 g/mol. The number of rotatable bonds is 5. The van der Waals surface area contributed by atoms with Gasteiger partial charge in [0.2, 0.25) is 5.89 Å². The third-order valence-corrected chi connectivity index (χ3v) is 10.6. The molecule has 9 aromatic rings. The Bertz CT molecular complexity index is 2780. The minimum atomic E-state index is -0.148. The van der Waals surface area contributed by atoms with Crippen LogP contribution in [-0.4, -0.2) is 4.98 Å². The molecule has 1 aliphatic carbocycles. The minimum Gasteiger partial charge on any atom is -0.435 e. The van der Waals surface area contributed by atoms with Gasteiger partial charge in [-0.05, 0) is 104 Å². The number of hydrogen-bond donors (Lipinski definition) is 0. The number of benzene rings is 8. The molecule has 0 unspecified atom stereocenters. The van der Waals surface area contributed by atoms with Crippen molar-refractivity contribution in [3.63, 3.8) is 0 Å². The first-order valence-corrected chi connectivity index (χ1v) is 17.5. The first-order valence-electron chi connectivity index (χ1n) is 17.5. The Morgan fingerprint density at radius 3 is 2.06 bits per heavy atom. The number of anilines is 3. The smallest absolute Gasteiger partial charge is 0.227 e. The molecule has 0 amide bonds. The van der Waals surface area contributed by atoms with Crippen LogP contribution in [0.25, 0.3) is 66.4 Å². The SMILES string of the molecule is CC1(C)c2ccccc2-c2cccc(N(c3ccccc3)c3cccc(-c4ccc5c(ccc6ccc7nc(-c8ccccc8)oc7c65)c4)c3)c21. The Kier molecular flexibility index (Phi) is 6.53. The zero-order valence-corrected chi connectivity index (χ0v) is 28.5. The summed E-state index contributed by atoms with van der Waals surface area (Å²) in [6.45, 7) is 4.71. The van der Waals surface area contributed by atoms with Crippen molar-refractivity contribution in [3.8, 4) is 33.7 Å². The van der Waals surface area contributed by atoms with E-state index >= 15 is 0 Å². The van der Waals surface area contributed by atoms with E-state index in [9.17, 15) is 0 Å². The average Bonchev–Trinajstić information content (AvgIpc) is 3.73. The standard InChI is InChI=1S/C48H34N2O/c1-48(2)41-21-10-9-19-39(41)40-20-12-22-43(45(40)48)50(36-16-7-4-8-17-36)37-18-11-15-33(30-37)34-25-27-38-35(29-34)24-23-31-26-28-42-46(44(31)38)51-47(49-42)32-13-5-3-6-14-32/h3-30H,1-2H3. The predicted molar refractivity (Wildman–Crippen MR) is 212 cm³/mol. The third kappa shape index (κ3) is 4.62. The van der Waals surface area contributed by atoms with Gasteiger partial charge in [-0.3, -0.25) is 0 Å². The van der Waals surface area contributed by atoms with E-state index in [1.165, 1.54) is 27.9 Å². The fraction of sp³-hybridized carbons (Fsp3) is 0.0625. The second-order valence-electron chi connectivity index (χ2n) is 14.0. The molecule has 0 N–H and O–H groups in total. The van der Waals surface area contributed by atoms with Gasteiger partial charge in [0.15, 0.2) is 5.58 Å². The van der Waals surface area contributed by atoms with Crippen LogP contribution in [-0.2, 0) is 5.41 Å². The minimum absolute atomic E-state index is 0.148. The molecule has 0 spiro atoms. The van der Waals surface area contributed by atoms with Gasteiger partial charge < -0.3 is 9.32 Å². The lowest BCUT2D eigenvalue weighted by molar-refractivity contribution is 0.623. The van der Waals surface area contributed by atoms with E-state index in [-0.39, 0.29) is 5.41 Å². The zero-order chi connectivity index (χ0) is 34.1. The van der Waals surface area contributed by atoms with Crippen molar-refractivity contribution in [1.82, 2.24) is 4.98 Å². The maximum absolute atomic E-state index is 6.47. The van der Waals surface area contributed by atoms with Gasteiger partial charge in [0, 0.05) is 27.7 Å². The molecule has 1 aromatic heterocycles. The lowest BCUT2D eigenvalue weighted by atomic mass is 9.81. The molecular weight excluding hydrogens is 621 g/mol. The van der Waals surface area contributed by atoms with Crippen molar-refractivity contribution in [2.45, 2.75) is 19.3 Å². The number of hydrogen-bond acceptors (Lipinski definition) is 3. The Balaban J connectivity index is 1.11. The highest BCUT2D eigenvalue weighted by Gasteiger charge is 2.38. The third-order valence-electron chi connectivity index (χ3n) is 10.6. The molecule has 0 atom stereocenters. The van der Waals surface area contributed by atoms with Crippen molar-refractivity contribution < 1.29 is 4.42 Å². The van der Waals surface area contributed by atoms with Gasteiger partial charge in [0.05, 0.1) is 5.69 Å². The number of fused-ring (bicyclic) bond motifs is 8. The molecule has 1 heterocycles. The van der Waals surface area contributed by atoms with Crippen LogP contribution in [0.2, 0.25) is 0 Å². The largest absolute Gasteiger partial charge is 0.435 e. The summed E-state index contributed by atoms with van der Waals surface area (Å²) in [6.07, 6.45) is 0. The maximum atomic E-state index is 6.47. The second-order valence-corrected chi connectivity index (χ2v) is 14.0. The predicted octanol–water partition coefficient (Wildman–Crippen LogP) is 13.2. The summed E-state index contributed by atoms with van der Waals surface area (Å²) in [5.41, 5.74) is 13.7. The summed E-state index contributed by atoms with van der Waals surface area (Å²) < 4.78 is 6.47. The van der Waals surface area contributed by atoms with Crippen LogP contribution < -0.4 is 4.90 Å². The van der Waals surface area contributed by atoms with Crippen LogP contribution in [0.1, 0.15) is 25.0 Å². The van der Waals surface area contributed by atoms with Crippen molar-refractivity contribution in [2.24, 2.45) is 0 Å². The monoisotopic (exact) mass is 654 g/mol. The van der Waals surface area contributed by atoms with Crippen LogP contribution in [0.15, 0.2) is 174 Å². The van der Waals surface area contributed by atoms with Gasteiger partial charge in [-0.15, -0.1) is 0 Å². The topological polar surface area (TPSA) is 29.3 Å². The normalized spacial score (nSPS) is 13.1. The molecule has 51 heavy (non-hydrogen) atoms. The van der Waals surface area contributed by atoms with E-state index < -0.39 is 0 Å². The van der Waals surface area contributed by atoms with Crippen molar-refractivity contribution in [3.05, 3.63) is 181 Å². The van der Waals surface area contributed by atoms with Crippen LogP contribution in [0.5, 0.6) is 0 Å². The number of aromatic nitrogens is 1. The number of para-hydroxylation sites is 1. The Morgan fingerprint density at radius 1 is 0.529 bits per heavy atom. The fourth-order valence-electron chi connectivity index (χ4n) is 8.25. The molecule has 0 saturated carbocycles. The summed E-state index contributed by atoms with van der Waals surface area (Å²) in [5, 5.41) is 4.55. The Hall–Kier alpha value is -6.45. The van der Waals surface area contributed by atoms with E-state index in [2.05, 4.69) is 158 Å². The summed E-state index contributed by atoms with van der Waals surface area (Å²) in [7, 11) is 0. The number of nitrogens with zero attached hydrogens (tertiary/aromatic N) is 2. The van der Waals surface area contributed by atoms with E-state index in [0.717, 1.165) is 60.7 Å². The molecule has 10 rings (SSSR count). The molecule has 0 radical (unpaired) electrons. The molecule has 3 heteroatoms. The van der Waals surface area contributed by atoms with Crippen LogP contribution in [0.4, 0.5) is 17.1 Å². The molecule has 8 aromatic carbocycles. The van der Waals surface area contributed by atoms with Gasteiger partial charge >= 0.3 is 0 Å². The summed E-state index contributed by atoms with van der Waals surface area (Å²) in [6, 6.07) is 60.8. The molecule has 242 valence electrons. The van der Waals surface area contributed by atoms with E-state index in [0.29, 0.717) is 5.89 Å². The highest BCUT2D eigenvalue weighted by Crippen LogP contribution is 2.54. The molecule has 0 bridgehead atoms. The lowest BCUT2D eigenvalue weighted by Crippen LogP contribution is -2.20. The zero-order valence-electron chi connectivity index (χ0n) is 28.5. The van der Waals surface area contributed by atoms with Gasteiger partial charge in [-0.2, -0.15) is 0 Å². The van der Waals surface area contributed by atoms with Gasteiger partial charge in [0.25, 0.3) is 0 Å². The van der Waals surface area contributed by atoms with Gasteiger partial charge in [0.1, 0.15) is 5.52 Å². The van der Waals surface area contributed by atoms with Crippen molar-refractivity contribution in [1.29, 1.82) is 0 Å². The van der Waals surface area contributed by atoms with Crippen LogP contribution in [0.3, 0.4) is 0 Å². The van der Waals surface area contributed by atoms with E-state index in [1.807, 2.05) is 30.3 Å². The van der Waals surface area contributed by atoms with Crippen molar-refractivity contribution in [2.75, 3.05) is 4.90 Å². The van der Waals surface area contributed by atoms with Gasteiger partial charge in [-0.25, -0.2) is 4.98 Å². The molecule has 0 fully saturated rings.